The first kappa shape index (κ1) is 29.7. The van der Waals surface area contributed by atoms with Crippen LogP contribution in [0.4, 0.5) is 5.69 Å². The number of piperidine rings is 1. The summed E-state index contributed by atoms with van der Waals surface area (Å²) in [6.07, 6.45) is 2.92. The van der Waals surface area contributed by atoms with Crippen molar-refractivity contribution in [1.82, 2.24) is 9.80 Å². The molecule has 0 N–H and O–H groups in total. The van der Waals surface area contributed by atoms with E-state index in [4.69, 9.17) is 23.2 Å². The minimum absolute atomic E-state index is 0.0108. The van der Waals surface area contributed by atoms with E-state index in [1.165, 1.54) is 5.56 Å². The molecule has 1 unspecified atom stereocenters. The highest BCUT2D eigenvalue weighted by atomic mass is 35.5. The zero-order chi connectivity index (χ0) is 30.1. The standard InChI is InChI=1S/C36H37Cl2N3O2/c1-25(42)41-24-36(31-12-5-6-13-34(31)41)17-20-40(21-18-36)19-16-28(27-14-15-32(37)33(38)22-27)23-39(2)35(43)30-11-7-9-26-8-3-4-10-29(26)30/h3-15,22,28H,16-21,23-24H2,1-2H3. The molecule has 2 amide bonds. The lowest BCUT2D eigenvalue weighted by atomic mass is 9.74. The highest BCUT2D eigenvalue weighted by Gasteiger charge is 2.45. The fourth-order valence-corrected chi connectivity index (χ4v) is 7.35. The Morgan fingerprint density at radius 2 is 1.63 bits per heavy atom. The number of anilines is 1. The van der Waals surface area contributed by atoms with E-state index < -0.39 is 0 Å². The van der Waals surface area contributed by atoms with Crippen molar-refractivity contribution < 1.29 is 9.59 Å². The predicted octanol–water partition coefficient (Wildman–Crippen LogP) is 7.79. The molecule has 1 saturated heterocycles. The van der Waals surface area contributed by atoms with Crippen LogP contribution in [0.3, 0.4) is 0 Å². The Kier molecular flexibility index (Phi) is 8.50. The molecule has 2 aliphatic heterocycles. The summed E-state index contributed by atoms with van der Waals surface area (Å²) >= 11 is 12.7. The third-order valence-corrected chi connectivity index (χ3v) is 10.2. The molecule has 0 bridgehead atoms. The summed E-state index contributed by atoms with van der Waals surface area (Å²) in [5.74, 6) is 0.213. The molecule has 0 aromatic heterocycles. The largest absolute Gasteiger partial charge is 0.341 e. The molecule has 2 heterocycles. The van der Waals surface area contributed by atoms with Gasteiger partial charge in [0.25, 0.3) is 5.91 Å². The molecule has 4 aromatic carbocycles. The summed E-state index contributed by atoms with van der Waals surface area (Å²) in [4.78, 5) is 32.4. The molecule has 222 valence electrons. The van der Waals surface area contributed by atoms with E-state index in [-0.39, 0.29) is 23.1 Å². The second kappa shape index (κ2) is 12.3. The molecule has 0 radical (unpaired) electrons. The maximum Gasteiger partial charge on any atom is 0.254 e. The van der Waals surface area contributed by atoms with E-state index in [1.54, 1.807) is 6.92 Å². The number of rotatable bonds is 7. The molecule has 2 aliphatic rings. The highest BCUT2D eigenvalue weighted by Crippen LogP contribution is 2.47. The van der Waals surface area contributed by atoms with Crippen LogP contribution in [0, 0.1) is 0 Å². The molecule has 0 aliphatic carbocycles. The number of carbonyl (C=O) groups is 2. The average molecular weight is 615 g/mol. The topological polar surface area (TPSA) is 43.9 Å². The van der Waals surface area contributed by atoms with Gasteiger partial charge in [-0.1, -0.05) is 83.9 Å². The number of carbonyl (C=O) groups excluding carboxylic acids is 2. The van der Waals surface area contributed by atoms with Gasteiger partial charge in [0.1, 0.15) is 0 Å². The van der Waals surface area contributed by atoms with Crippen LogP contribution < -0.4 is 4.90 Å². The van der Waals surface area contributed by atoms with Crippen LogP contribution in [0.2, 0.25) is 10.0 Å². The van der Waals surface area contributed by atoms with Gasteiger partial charge in [-0.2, -0.15) is 0 Å². The number of fused-ring (bicyclic) bond motifs is 3. The van der Waals surface area contributed by atoms with Crippen molar-refractivity contribution in [2.45, 2.75) is 37.5 Å². The molecule has 1 fully saturated rings. The molecule has 7 heteroatoms. The minimum atomic E-state index is 0.0108. The van der Waals surface area contributed by atoms with Gasteiger partial charge in [0.05, 0.1) is 10.0 Å². The molecule has 5 nitrogen and oxygen atoms in total. The third kappa shape index (κ3) is 5.91. The summed E-state index contributed by atoms with van der Waals surface area (Å²) in [6, 6.07) is 28.1. The van der Waals surface area contributed by atoms with Crippen molar-refractivity contribution in [2.24, 2.45) is 0 Å². The van der Waals surface area contributed by atoms with E-state index in [0.717, 1.165) is 67.5 Å². The van der Waals surface area contributed by atoms with Crippen molar-refractivity contribution >= 4 is 51.5 Å². The first-order valence-corrected chi connectivity index (χ1v) is 15.8. The summed E-state index contributed by atoms with van der Waals surface area (Å²) in [6.45, 7) is 5.85. The Balaban J connectivity index is 1.16. The fraction of sp³-hybridized carbons (Fsp3) is 0.333. The van der Waals surface area contributed by atoms with E-state index in [2.05, 4.69) is 23.1 Å². The molecule has 1 spiro atoms. The number of halogens is 2. The van der Waals surface area contributed by atoms with Gasteiger partial charge in [-0.05, 0) is 85.1 Å². The van der Waals surface area contributed by atoms with E-state index in [9.17, 15) is 9.59 Å². The lowest BCUT2D eigenvalue weighted by molar-refractivity contribution is -0.116. The highest BCUT2D eigenvalue weighted by molar-refractivity contribution is 6.42. The first-order chi connectivity index (χ1) is 20.8. The molecule has 6 rings (SSSR count). The Hall–Kier alpha value is -3.38. The first-order valence-electron chi connectivity index (χ1n) is 15.0. The Bertz CT molecular complexity index is 1660. The Labute approximate surface area is 264 Å². The monoisotopic (exact) mass is 613 g/mol. The Morgan fingerprint density at radius 3 is 2.40 bits per heavy atom. The van der Waals surface area contributed by atoms with Gasteiger partial charge in [-0.15, -0.1) is 0 Å². The van der Waals surface area contributed by atoms with Crippen LogP contribution in [0.15, 0.2) is 84.9 Å². The zero-order valence-corrected chi connectivity index (χ0v) is 26.2. The molecule has 4 aromatic rings. The van der Waals surface area contributed by atoms with Crippen LogP contribution in [0.25, 0.3) is 10.8 Å². The zero-order valence-electron chi connectivity index (χ0n) is 24.7. The molecular weight excluding hydrogens is 577 g/mol. The van der Waals surface area contributed by atoms with Gasteiger partial charge in [-0.25, -0.2) is 0 Å². The maximum absolute atomic E-state index is 13.7. The van der Waals surface area contributed by atoms with Crippen molar-refractivity contribution in [1.29, 1.82) is 0 Å². The van der Waals surface area contributed by atoms with Gasteiger partial charge in [-0.3, -0.25) is 9.59 Å². The fourth-order valence-electron chi connectivity index (χ4n) is 7.04. The van der Waals surface area contributed by atoms with Crippen LogP contribution >= 0.6 is 23.2 Å². The predicted molar refractivity (Wildman–Crippen MR) is 177 cm³/mol. The molecule has 0 saturated carbocycles. The van der Waals surface area contributed by atoms with Gasteiger partial charge in [0.2, 0.25) is 5.91 Å². The lowest BCUT2D eigenvalue weighted by Gasteiger charge is -2.40. The summed E-state index contributed by atoms with van der Waals surface area (Å²) in [5.41, 5.74) is 4.20. The summed E-state index contributed by atoms with van der Waals surface area (Å²) < 4.78 is 0. The second-order valence-electron chi connectivity index (χ2n) is 12.1. The van der Waals surface area contributed by atoms with E-state index in [0.29, 0.717) is 22.2 Å². The maximum atomic E-state index is 13.7. The number of hydrogen-bond donors (Lipinski definition) is 0. The lowest BCUT2D eigenvalue weighted by Crippen LogP contribution is -2.46. The number of amides is 2. The minimum Gasteiger partial charge on any atom is -0.341 e. The smallest absolute Gasteiger partial charge is 0.254 e. The van der Waals surface area contributed by atoms with Gasteiger partial charge >= 0.3 is 0 Å². The normalized spacial score (nSPS) is 16.8. The quantitative estimate of drug-likeness (QED) is 0.214. The number of hydrogen-bond acceptors (Lipinski definition) is 3. The number of likely N-dealkylation sites (tertiary alicyclic amines) is 1. The van der Waals surface area contributed by atoms with Crippen LogP contribution in [-0.2, 0) is 10.2 Å². The van der Waals surface area contributed by atoms with Crippen molar-refractivity contribution in [3.8, 4) is 0 Å². The van der Waals surface area contributed by atoms with Crippen molar-refractivity contribution in [3.05, 3.63) is 112 Å². The third-order valence-electron chi connectivity index (χ3n) is 9.49. The number of benzene rings is 4. The van der Waals surface area contributed by atoms with Crippen LogP contribution in [0.5, 0.6) is 0 Å². The SMILES string of the molecule is CC(=O)N1CC2(CCN(CCC(CN(C)C(=O)c3cccc4ccccc34)c3ccc(Cl)c(Cl)c3)CC2)c2ccccc21. The second-order valence-corrected chi connectivity index (χ2v) is 12.9. The van der Waals surface area contributed by atoms with Crippen LogP contribution in [-0.4, -0.2) is 61.4 Å². The number of para-hydroxylation sites is 1. The summed E-state index contributed by atoms with van der Waals surface area (Å²) in [7, 11) is 1.89. The van der Waals surface area contributed by atoms with Gasteiger partial charge in [0.15, 0.2) is 0 Å². The Morgan fingerprint density at radius 1 is 0.907 bits per heavy atom. The van der Waals surface area contributed by atoms with Crippen LogP contribution in [0.1, 0.15) is 53.6 Å². The van der Waals surface area contributed by atoms with Gasteiger partial charge < -0.3 is 14.7 Å². The number of nitrogens with zero attached hydrogens (tertiary/aromatic N) is 3. The molecule has 43 heavy (non-hydrogen) atoms. The van der Waals surface area contributed by atoms with E-state index in [1.807, 2.05) is 83.6 Å². The van der Waals surface area contributed by atoms with Crippen molar-refractivity contribution in [3.63, 3.8) is 0 Å². The summed E-state index contributed by atoms with van der Waals surface area (Å²) in [5, 5.41) is 3.08. The van der Waals surface area contributed by atoms with Gasteiger partial charge in [0, 0.05) is 49.6 Å². The molecule has 1 atom stereocenters. The number of likely N-dealkylation sites (N-methyl/N-ethyl adjacent to an activating group) is 1. The van der Waals surface area contributed by atoms with Crippen molar-refractivity contribution in [2.75, 3.05) is 44.7 Å². The van der Waals surface area contributed by atoms with E-state index >= 15 is 0 Å². The molecular formula is C36H37Cl2N3O2. The average Bonchev–Trinajstić information content (AvgIpc) is 3.35.